The summed E-state index contributed by atoms with van der Waals surface area (Å²) in [6.45, 7) is 2.13. The number of ether oxygens (including phenoxy) is 2. The molecule has 0 aliphatic heterocycles. The maximum Gasteiger partial charge on any atom is 0.330 e. The van der Waals surface area contributed by atoms with Gasteiger partial charge in [-0.05, 0) is 25.2 Å². The first kappa shape index (κ1) is 11.8. The fourth-order valence-electron chi connectivity index (χ4n) is 0.527. The monoisotopic (exact) mass is 200 g/mol. The van der Waals surface area contributed by atoms with E-state index in [2.05, 4.69) is 4.74 Å². The number of hydrogen-bond donors (Lipinski definition) is 0. The third-order valence-corrected chi connectivity index (χ3v) is 1.37. The number of esters is 1. The second kappa shape index (κ2) is 7.49. The molecule has 0 aromatic heterocycles. The van der Waals surface area contributed by atoms with Gasteiger partial charge in [-0.3, -0.25) is 0 Å². The lowest BCUT2D eigenvalue weighted by Gasteiger charge is -1.93. The first-order valence-electron chi connectivity index (χ1n) is 3.80. The van der Waals surface area contributed by atoms with Crippen molar-refractivity contribution in [1.29, 1.82) is 0 Å². The third kappa shape index (κ3) is 7.21. The molecule has 13 heavy (non-hydrogen) atoms. The van der Waals surface area contributed by atoms with Crippen molar-refractivity contribution in [2.45, 2.75) is 6.92 Å². The molecule has 0 aromatic carbocycles. The van der Waals surface area contributed by atoms with Crippen LogP contribution in [0.4, 0.5) is 0 Å². The Morgan fingerprint density at radius 1 is 1.38 bits per heavy atom. The summed E-state index contributed by atoms with van der Waals surface area (Å²) in [5, 5.41) is 0.369. The molecular weight excluding hydrogens is 188 g/mol. The molecule has 0 unspecified atom stereocenters. The van der Waals surface area contributed by atoms with Crippen LogP contribution in [0.3, 0.4) is 0 Å². The molecule has 0 N–H and O–H groups in total. The molecule has 4 heteroatoms. The molecule has 0 spiro atoms. The number of methoxy groups -OCH3 is 1. The molecule has 72 valence electrons. The zero-order valence-electron chi connectivity index (χ0n) is 7.65. The first-order chi connectivity index (χ1) is 6.20. The normalized spacial score (nSPS) is 10.6. The van der Waals surface area contributed by atoms with Gasteiger partial charge in [-0.1, -0.05) is 12.2 Å². The van der Waals surface area contributed by atoms with Gasteiger partial charge < -0.3 is 9.47 Å². The molecule has 0 saturated heterocycles. The Kier molecular flexibility index (Phi) is 6.82. The zero-order chi connectivity index (χ0) is 10.1. The largest absolute Gasteiger partial charge is 0.487 e. The van der Waals surface area contributed by atoms with E-state index in [9.17, 15) is 4.79 Å². The van der Waals surface area contributed by atoms with Gasteiger partial charge in [0, 0.05) is 6.08 Å². The molecule has 0 aliphatic carbocycles. The van der Waals surface area contributed by atoms with Gasteiger partial charge in [0.05, 0.1) is 13.7 Å². The Morgan fingerprint density at radius 2 is 2.00 bits per heavy atom. The van der Waals surface area contributed by atoms with E-state index in [0.717, 1.165) is 0 Å². The van der Waals surface area contributed by atoms with Crippen molar-refractivity contribution in [2.24, 2.45) is 0 Å². The Balaban J connectivity index is 3.80. The lowest BCUT2D eigenvalue weighted by atomic mass is 10.4. The van der Waals surface area contributed by atoms with Crippen molar-refractivity contribution in [2.75, 3.05) is 13.7 Å². The number of carbonyl (C=O) groups is 1. The summed E-state index contributed by atoms with van der Waals surface area (Å²) in [6, 6.07) is 0. The number of thiocarbonyl (C=S) groups is 1. The van der Waals surface area contributed by atoms with E-state index in [4.69, 9.17) is 17.0 Å². The Morgan fingerprint density at radius 3 is 2.54 bits per heavy atom. The van der Waals surface area contributed by atoms with E-state index >= 15 is 0 Å². The van der Waals surface area contributed by atoms with E-state index in [0.29, 0.717) is 11.7 Å². The van der Waals surface area contributed by atoms with Crippen LogP contribution in [0, 0.1) is 0 Å². The SMILES string of the molecule is CCOC(=O)/C=C/C=C/C(=S)OC. The third-order valence-electron chi connectivity index (χ3n) is 1.06. The molecule has 0 aliphatic rings. The predicted octanol–water partition coefficient (Wildman–Crippen LogP) is 1.64. The van der Waals surface area contributed by atoms with Gasteiger partial charge in [-0.25, -0.2) is 4.79 Å². The van der Waals surface area contributed by atoms with Gasteiger partial charge in [0.25, 0.3) is 0 Å². The van der Waals surface area contributed by atoms with E-state index in [1.807, 2.05) is 0 Å². The topological polar surface area (TPSA) is 35.5 Å². The fourth-order valence-corrected chi connectivity index (χ4v) is 0.605. The van der Waals surface area contributed by atoms with Crippen LogP contribution in [-0.4, -0.2) is 24.7 Å². The molecule has 0 fully saturated rings. The summed E-state index contributed by atoms with van der Waals surface area (Å²) in [5.41, 5.74) is 0. The molecule has 0 rings (SSSR count). The molecule has 0 atom stereocenters. The highest BCUT2D eigenvalue weighted by molar-refractivity contribution is 7.80. The number of hydrogen-bond acceptors (Lipinski definition) is 4. The van der Waals surface area contributed by atoms with Gasteiger partial charge in [-0.15, -0.1) is 0 Å². The van der Waals surface area contributed by atoms with Crippen LogP contribution in [0.1, 0.15) is 6.92 Å². The van der Waals surface area contributed by atoms with E-state index < -0.39 is 0 Å². The minimum absolute atomic E-state index is 0.365. The molecule has 0 amide bonds. The second-order valence-electron chi connectivity index (χ2n) is 1.99. The zero-order valence-corrected chi connectivity index (χ0v) is 8.47. The predicted molar refractivity (Wildman–Crippen MR) is 54.5 cm³/mol. The number of carbonyl (C=O) groups excluding carboxylic acids is 1. The van der Waals surface area contributed by atoms with Crippen LogP contribution >= 0.6 is 12.2 Å². The lowest BCUT2D eigenvalue weighted by molar-refractivity contribution is -0.137. The standard InChI is InChI=1S/C9H12O3S/c1-3-12-8(10)6-4-5-7-9(13)11-2/h4-7H,3H2,1-2H3/b6-4+,7-5+. The summed E-state index contributed by atoms with van der Waals surface area (Å²) in [7, 11) is 1.49. The molecule has 0 bridgehead atoms. The summed E-state index contributed by atoms with van der Waals surface area (Å²) in [6.07, 6.45) is 6.05. The van der Waals surface area contributed by atoms with Gasteiger partial charge in [0.15, 0.2) is 5.05 Å². The Hall–Kier alpha value is -1.16. The molecule has 0 saturated carbocycles. The summed E-state index contributed by atoms with van der Waals surface area (Å²) in [4.78, 5) is 10.8. The van der Waals surface area contributed by atoms with Gasteiger partial charge in [0.1, 0.15) is 0 Å². The minimum atomic E-state index is -0.365. The van der Waals surface area contributed by atoms with Crippen molar-refractivity contribution >= 4 is 23.2 Å². The molecule has 0 radical (unpaired) electrons. The number of rotatable bonds is 4. The molecule has 0 heterocycles. The van der Waals surface area contributed by atoms with Gasteiger partial charge in [0.2, 0.25) is 0 Å². The van der Waals surface area contributed by atoms with Crippen LogP contribution < -0.4 is 0 Å². The van der Waals surface area contributed by atoms with Crippen LogP contribution in [-0.2, 0) is 14.3 Å². The van der Waals surface area contributed by atoms with Gasteiger partial charge >= 0.3 is 5.97 Å². The average Bonchev–Trinajstić information content (AvgIpc) is 2.12. The van der Waals surface area contributed by atoms with Crippen LogP contribution in [0.25, 0.3) is 0 Å². The van der Waals surface area contributed by atoms with E-state index in [1.165, 1.54) is 13.2 Å². The fraction of sp³-hybridized carbons (Fsp3) is 0.333. The lowest BCUT2D eigenvalue weighted by Crippen LogP contribution is -1.98. The molecule has 0 aromatic rings. The Labute approximate surface area is 83.0 Å². The maximum absolute atomic E-state index is 10.8. The van der Waals surface area contributed by atoms with Crippen molar-refractivity contribution in [3.63, 3.8) is 0 Å². The van der Waals surface area contributed by atoms with Crippen molar-refractivity contribution < 1.29 is 14.3 Å². The first-order valence-corrected chi connectivity index (χ1v) is 4.21. The smallest absolute Gasteiger partial charge is 0.330 e. The van der Waals surface area contributed by atoms with Crippen molar-refractivity contribution in [3.05, 3.63) is 24.3 Å². The summed E-state index contributed by atoms with van der Waals surface area (Å²) < 4.78 is 9.35. The summed E-state index contributed by atoms with van der Waals surface area (Å²) in [5.74, 6) is -0.365. The second-order valence-corrected chi connectivity index (χ2v) is 2.40. The van der Waals surface area contributed by atoms with Gasteiger partial charge in [-0.2, -0.15) is 0 Å². The van der Waals surface area contributed by atoms with E-state index in [-0.39, 0.29) is 5.97 Å². The van der Waals surface area contributed by atoms with Crippen LogP contribution in [0.2, 0.25) is 0 Å². The Bertz CT molecular complexity index is 231. The molecule has 3 nitrogen and oxygen atoms in total. The van der Waals surface area contributed by atoms with Crippen molar-refractivity contribution in [3.8, 4) is 0 Å². The van der Waals surface area contributed by atoms with Crippen LogP contribution in [0.15, 0.2) is 24.3 Å². The highest BCUT2D eigenvalue weighted by atomic mass is 32.1. The number of allylic oxidation sites excluding steroid dienone is 2. The average molecular weight is 200 g/mol. The van der Waals surface area contributed by atoms with Crippen LogP contribution in [0.5, 0.6) is 0 Å². The van der Waals surface area contributed by atoms with E-state index in [1.54, 1.807) is 25.2 Å². The highest BCUT2D eigenvalue weighted by Gasteiger charge is 1.90. The summed E-state index contributed by atoms with van der Waals surface area (Å²) >= 11 is 4.73. The molecular formula is C9H12O3S. The highest BCUT2D eigenvalue weighted by Crippen LogP contribution is 1.85. The minimum Gasteiger partial charge on any atom is -0.487 e. The van der Waals surface area contributed by atoms with Crippen molar-refractivity contribution in [1.82, 2.24) is 0 Å². The quantitative estimate of drug-likeness (QED) is 0.299. The maximum atomic E-state index is 10.8.